The lowest BCUT2D eigenvalue weighted by atomic mass is 10.1. The summed E-state index contributed by atoms with van der Waals surface area (Å²) < 4.78 is 1.55. The maximum Gasteiger partial charge on any atom is 0.413 e. The van der Waals surface area contributed by atoms with E-state index in [1.54, 1.807) is 29.0 Å². The van der Waals surface area contributed by atoms with Crippen molar-refractivity contribution < 1.29 is 9.90 Å². The lowest BCUT2D eigenvalue weighted by Crippen LogP contribution is -2.45. The first-order chi connectivity index (χ1) is 7.89. The summed E-state index contributed by atoms with van der Waals surface area (Å²) >= 11 is 0. The Kier molecular flexibility index (Phi) is 2.49. The van der Waals surface area contributed by atoms with Crippen molar-refractivity contribution in [3.63, 3.8) is 0 Å². The second-order valence-corrected chi connectivity index (χ2v) is 4.71. The fraction of sp³-hybridized carbons (Fsp3) is 0.364. The summed E-state index contributed by atoms with van der Waals surface area (Å²) in [5.41, 5.74) is 0.0713. The van der Waals surface area contributed by atoms with Gasteiger partial charge in [-0.15, -0.1) is 5.10 Å². The van der Waals surface area contributed by atoms with Crippen LogP contribution in [-0.4, -0.2) is 31.3 Å². The highest BCUT2D eigenvalue weighted by molar-refractivity contribution is 5.86. The molecule has 6 heteroatoms. The molecular weight excluding hydrogens is 220 g/mol. The van der Waals surface area contributed by atoms with Crippen LogP contribution in [0.3, 0.4) is 0 Å². The number of rotatable bonds is 1. The standard InChI is InChI=1S/C11H14N4O2/c1-11(2,3)15(10(16)17)9-7-8-12-5-4-6-14(8)13-9/h4-7H,1-3H3,(H,16,17). The van der Waals surface area contributed by atoms with Gasteiger partial charge in [0.25, 0.3) is 0 Å². The molecular formula is C11H14N4O2. The maximum absolute atomic E-state index is 11.3. The van der Waals surface area contributed by atoms with E-state index in [2.05, 4.69) is 10.1 Å². The molecule has 0 aliphatic heterocycles. The van der Waals surface area contributed by atoms with E-state index in [0.717, 1.165) is 0 Å². The molecule has 0 bridgehead atoms. The molecule has 0 aliphatic carbocycles. The Bertz CT molecular complexity index is 523. The van der Waals surface area contributed by atoms with Gasteiger partial charge in [0.2, 0.25) is 0 Å². The summed E-state index contributed by atoms with van der Waals surface area (Å²) in [6.07, 6.45) is 2.35. The first-order valence-corrected chi connectivity index (χ1v) is 5.23. The quantitative estimate of drug-likeness (QED) is 0.819. The van der Waals surface area contributed by atoms with Crippen LogP contribution in [0.4, 0.5) is 10.6 Å². The predicted molar refractivity (Wildman–Crippen MR) is 63.2 cm³/mol. The van der Waals surface area contributed by atoms with E-state index < -0.39 is 11.6 Å². The Morgan fingerprint density at radius 1 is 1.47 bits per heavy atom. The summed E-state index contributed by atoms with van der Waals surface area (Å²) in [4.78, 5) is 16.6. The van der Waals surface area contributed by atoms with E-state index in [0.29, 0.717) is 11.5 Å². The zero-order chi connectivity index (χ0) is 12.6. The van der Waals surface area contributed by atoms with Gasteiger partial charge in [-0.2, -0.15) is 0 Å². The number of hydrogen-bond acceptors (Lipinski definition) is 3. The third-order valence-electron chi connectivity index (χ3n) is 2.31. The van der Waals surface area contributed by atoms with E-state index in [9.17, 15) is 9.90 Å². The number of fused-ring (bicyclic) bond motifs is 1. The van der Waals surface area contributed by atoms with Crippen molar-refractivity contribution in [2.45, 2.75) is 26.3 Å². The van der Waals surface area contributed by atoms with Crippen molar-refractivity contribution >= 4 is 17.6 Å². The van der Waals surface area contributed by atoms with Gasteiger partial charge in [-0.25, -0.2) is 14.3 Å². The van der Waals surface area contributed by atoms with Crippen LogP contribution in [0.1, 0.15) is 20.8 Å². The molecule has 2 heterocycles. The van der Waals surface area contributed by atoms with Crippen molar-refractivity contribution in [3.8, 4) is 0 Å². The van der Waals surface area contributed by atoms with Crippen molar-refractivity contribution in [1.82, 2.24) is 14.6 Å². The summed E-state index contributed by atoms with van der Waals surface area (Å²) in [7, 11) is 0. The number of amides is 1. The molecule has 2 rings (SSSR count). The predicted octanol–water partition coefficient (Wildman–Crippen LogP) is 2.01. The molecule has 0 saturated carbocycles. The Morgan fingerprint density at radius 2 is 2.18 bits per heavy atom. The third-order valence-corrected chi connectivity index (χ3v) is 2.31. The molecule has 6 nitrogen and oxygen atoms in total. The average molecular weight is 234 g/mol. The Morgan fingerprint density at radius 3 is 2.71 bits per heavy atom. The number of anilines is 1. The smallest absolute Gasteiger partial charge is 0.413 e. The van der Waals surface area contributed by atoms with Gasteiger partial charge in [-0.05, 0) is 26.8 Å². The van der Waals surface area contributed by atoms with Gasteiger partial charge in [0.15, 0.2) is 11.5 Å². The van der Waals surface area contributed by atoms with E-state index in [1.807, 2.05) is 20.8 Å². The lowest BCUT2D eigenvalue weighted by molar-refractivity contribution is 0.195. The lowest BCUT2D eigenvalue weighted by Gasteiger charge is -2.30. The largest absolute Gasteiger partial charge is 0.465 e. The monoisotopic (exact) mass is 234 g/mol. The van der Waals surface area contributed by atoms with Crippen LogP contribution in [0.15, 0.2) is 24.5 Å². The number of nitrogens with zero attached hydrogens (tertiary/aromatic N) is 4. The average Bonchev–Trinajstić information content (AvgIpc) is 2.56. The normalized spacial score (nSPS) is 11.7. The minimum atomic E-state index is -1.03. The number of hydrogen-bond donors (Lipinski definition) is 1. The van der Waals surface area contributed by atoms with E-state index in [4.69, 9.17) is 0 Å². The Labute approximate surface area is 98.5 Å². The minimum Gasteiger partial charge on any atom is -0.465 e. The molecule has 0 aliphatic rings. The zero-order valence-electron chi connectivity index (χ0n) is 9.95. The second-order valence-electron chi connectivity index (χ2n) is 4.71. The van der Waals surface area contributed by atoms with Crippen LogP contribution in [0.2, 0.25) is 0 Å². The molecule has 90 valence electrons. The molecule has 0 atom stereocenters. The van der Waals surface area contributed by atoms with Crippen molar-refractivity contribution in [2.24, 2.45) is 0 Å². The highest BCUT2D eigenvalue weighted by Gasteiger charge is 2.29. The van der Waals surface area contributed by atoms with Crippen molar-refractivity contribution in [2.75, 3.05) is 4.90 Å². The Hall–Kier alpha value is -2.11. The van der Waals surface area contributed by atoms with Crippen LogP contribution in [0, 0.1) is 0 Å². The number of carbonyl (C=O) groups is 1. The Balaban J connectivity index is 2.53. The molecule has 1 N–H and O–H groups in total. The van der Waals surface area contributed by atoms with Crippen LogP contribution >= 0.6 is 0 Å². The third kappa shape index (κ3) is 2.06. The van der Waals surface area contributed by atoms with Gasteiger partial charge in [0.1, 0.15) is 0 Å². The molecule has 2 aromatic heterocycles. The minimum absolute atomic E-state index is 0.378. The van der Waals surface area contributed by atoms with Crippen molar-refractivity contribution in [3.05, 3.63) is 24.5 Å². The molecule has 0 saturated heterocycles. The topological polar surface area (TPSA) is 70.7 Å². The fourth-order valence-electron chi connectivity index (χ4n) is 1.66. The van der Waals surface area contributed by atoms with Crippen molar-refractivity contribution in [1.29, 1.82) is 0 Å². The molecule has 1 amide bonds. The zero-order valence-corrected chi connectivity index (χ0v) is 9.95. The molecule has 17 heavy (non-hydrogen) atoms. The summed E-state index contributed by atoms with van der Waals surface area (Å²) in [5, 5.41) is 13.4. The molecule has 0 radical (unpaired) electrons. The number of aromatic nitrogens is 3. The highest BCUT2D eigenvalue weighted by atomic mass is 16.4. The first kappa shape index (κ1) is 11.4. The SMILES string of the molecule is CC(C)(C)N(C(=O)O)c1cc2ncccn2n1. The second kappa shape index (κ2) is 3.73. The molecule has 2 aromatic rings. The first-order valence-electron chi connectivity index (χ1n) is 5.23. The summed E-state index contributed by atoms with van der Waals surface area (Å²) in [6.45, 7) is 5.45. The van der Waals surface area contributed by atoms with Gasteiger partial charge in [0.05, 0.1) is 0 Å². The van der Waals surface area contributed by atoms with E-state index >= 15 is 0 Å². The van der Waals surface area contributed by atoms with Crippen LogP contribution in [0.25, 0.3) is 5.65 Å². The van der Waals surface area contributed by atoms with Gasteiger partial charge in [-0.3, -0.25) is 4.90 Å². The van der Waals surface area contributed by atoms with Gasteiger partial charge < -0.3 is 5.11 Å². The summed E-state index contributed by atoms with van der Waals surface area (Å²) in [5.74, 6) is 0.378. The summed E-state index contributed by atoms with van der Waals surface area (Å²) in [6, 6.07) is 3.39. The maximum atomic E-state index is 11.3. The van der Waals surface area contributed by atoms with Gasteiger partial charge in [0, 0.05) is 24.0 Å². The molecule has 0 aromatic carbocycles. The van der Waals surface area contributed by atoms with Gasteiger partial charge >= 0.3 is 6.09 Å². The fourth-order valence-corrected chi connectivity index (χ4v) is 1.66. The molecule has 0 fully saturated rings. The molecule has 0 unspecified atom stereocenters. The molecule has 0 spiro atoms. The highest BCUT2D eigenvalue weighted by Crippen LogP contribution is 2.23. The van der Waals surface area contributed by atoms with Crippen LogP contribution in [-0.2, 0) is 0 Å². The van der Waals surface area contributed by atoms with E-state index in [1.165, 1.54) is 4.90 Å². The van der Waals surface area contributed by atoms with Crippen LogP contribution < -0.4 is 4.90 Å². The van der Waals surface area contributed by atoms with Crippen LogP contribution in [0.5, 0.6) is 0 Å². The number of carboxylic acid groups (broad SMARTS) is 1. The van der Waals surface area contributed by atoms with E-state index in [-0.39, 0.29) is 0 Å². The van der Waals surface area contributed by atoms with Gasteiger partial charge in [-0.1, -0.05) is 0 Å².